The first-order valence-corrected chi connectivity index (χ1v) is 11.2. The molecule has 174 valence electrons. The molecule has 1 N–H and O–H groups in total. The number of nitrogens with one attached hydrogen (secondary N) is 1. The number of aryl methyl sites for hydroxylation is 1. The molecule has 0 radical (unpaired) electrons. The molecule has 1 amide bonds. The third kappa shape index (κ3) is 6.01. The number of hydrogen-bond donors (Lipinski definition) is 1. The van der Waals surface area contributed by atoms with E-state index in [4.69, 9.17) is 9.47 Å². The monoisotopic (exact) mass is 471 g/mol. The number of aromatic nitrogens is 3. The van der Waals surface area contributed by atoms with E-state index in [9.17, 15) is 14.9 Å². The summed E-state index contributed by atoms with van der Waals surface area (Å²) in [5, 5.41) is 22.7. The van der Waals surface area contributed by atoms with E-state index in [1.807, 2.05) is 36.6 Å². The average molecular weight is 472 g/mol. The Kier molecular flexibility index (Phi) is 7.88. The number of anilines is 1. The first kappa shape index (κ1) is 24.1. The molecule has 0 aliphatic carbocycles. The van der Waals surface area contributed by atoms with E-state index < -0.39 is 4.92 Å². The van der Waals surface area contributed by atoms with E-state index in [0.29, 0.717) is 40.3 Å². The largest absolute Gasteiger partial charge is 0.497 e. The Labute approximate surface area is 195 Å². The van der Waals surface area contributed by atoms with E-state index in [2.05, 4.69) is 15.5 Å². The van der Waals surface area contributed by atoms with Gasteiger partial charge < -0.3 is 19.4 Å². The third-order valence-corrected chi connectivity index (χ3v) is 5.77. The highest BCUT2D eigenvalue weighted by molar-refractivity contribution is 7.99. The summed E-state index contributed by atoms with van der Waals surface area (Å²) >= 11 is 1.26. The first-order chi connectivity index (χ1) is 15.8. The lowest BCUT2D eigenvalue weighted by atomic mass is 10.2. The molecule has 0 aliphatic heterocycles. The summed E-state index contributed by atoms with van der Waals surface area (Å²) in [6.07, 6.45) is -0.365. The molecule has 0 saturated carbocycles. The maximum Gasteiger partial charge on any atom is 0.269 e. The van der Waals surface area contributed by atoms with Gasteiger partial charge in [0.2, 0.25) is 5.91 Å². The highest BCUT2D eigenvalue weighted by Crippen LogP contribution is 2.27. The highest BCUT2D eigenvalue weighted by Gasteiger charge is 2.20. The lowest BCUT2D eigenvalue weighted by Gasteiger charge is -2.16. The number of rotatable bonds is 10. The molecule has 11 heteroatoms. The van der Waals surface area contributed by atoms with Gasteiger partial charge in [-0.2, -0.15) is 0 Å². The van der Waals surface area contributed by atoms with Gasteiger partial charge in [0.15, 0.2) is 17.1 Å². The summed E-state index contributed by atoms with van der Waals surface area (Å²) in [5.74, 6) is 1.86. The molecular weight excluding hydrogens is 446 g/mol. The molecule has 0 aliphatic rings. The Balaban J connectivity index is 1.63. The first-order valence-electron chi connectivity index (χ1n) is 10.2. The van der Waals surface area contributed by atoms with Crippen LogP contribution in [0.1, 0.15) is 31.3 Å². The molecule has 10 nitrogen and oxygen atoms in total. The van der Waals surface area contributed by atoms with E-state index in [1.165, 1.54) is 30.0 Å². The van der Waals surface area contributed by atoms with Gasteiger partial charge in [-0.25, -0.2) is 0 Å². The summed E-state index contributed by atoms with van der Waals surface area (Å²) in [6.45, 7) is 6.17. The molecule has 1 aromatic heterocycles. The Hall–Kier alpha value is -3.60. The number of carbonyl (C=O) groups is 1. The zero-order valence-corrected chi connectivity index (χ0v) is 19.6. The summed E-state index contributed by atoms with van der Waals surface area (Å²) in [5.41, 5.74) is 1.13. The molecule has 0 fully saturated rings. The van der Waals surface area contributed by atoms with E-state index in [0.717, 1.165) is 0 Å². The van der Waals surface area contributed by atoms with Crippen molar-refractivity contribution in [2.24, 2.45) is 0 Å². The molecule has 3 rings (SSSR count). The molecule has 1 unspecified atom stereocenters. The minimum atomic E-state index is -0.470. The predicted molar refractivity (Wildman–Crippen MR) is 125 cm³/mol. The smallest absolute Gasteiger partial charge is 0.269 e. The number of nitro benzene ring substituents is 1. The van der Waals surface area contributed by atoms with E-state index in [-0.39, 0.29) is 23.5 Å². The van der Waals surface area contributed by atoms with Gasteiger partial charge in [0.05, 0.1) is 17.8 Å². The Morgan fingerprint density at radius 2 is 2.00 bits per heavy atom. The zero-order valence-electron chi connectivity index (χ0n) is 18.8. The van der Waals surface area contributed by atoms with Gasteiger partial charge in [-0.15, -0.1) is 10.2 Å². The van der Waals surface area contributed by atoms with Crippen molar-refractivity contribution in [1.29, 1.82) is 0 Å². The molecule has 2 aromatic carbocycles. The van der Waals surface area contributed by atoms with Gasteiger partial charge in [0, 0.05) is 30.4 Å². The van der Waals surface area contributed by atoms with Gasteiger partial charge >= 0.3 is 0 Å². The van der Waals surface area contributed by atoms with Crippen LogP contribution in [-0.2, 0) is 11.3 Å². The van der Waals surface area contributed by atoms with Crippen LogP contribution in [0.25, 0.3) is 0 Å². The lowest BCUT2D eigenvalue weighted by molar-refractivity contribution is -0.384. The number of non-ortho nitro benzene ring substituents is 1. The number of nitro groups is 1. The summed E-state index contributed by atoms with van der Waals surface area (Å²) in [7, 11) is 1.60. The Morgan fingerprint density at radius 3 is 2.67 bits per heavy atom. The van der Waals surface area contributed by atoms with Gasteiger partial charge in [-0.3, -0.25) is 14.9 Å². The molecule has 0 spiro atoms. The average Bonchev–Trinajstić information content (AvgIpc) is 3.22. The van der Waals surface area contributed by atoms with Gasteiger partial charge in [0.25, 0.3) is 5.69 Å². The number of carbonyl (C=O) groups excluding carboxylic acids is 1. The van der Waals surface area contributed by atoms with Crippen molar-refractivity contribution in [3.63, 3.8) is 0 Å². The van der Waals surface area contributed by atoms with Crippen LogP contribution in [0.5, 0.6) is 11.5 Å². The van der Waals surface area contributed by atoms with Crippen molar-refractivity contribution < 1.29 is 19.2 Å². The quantitative estimate of drug-likeness (QED) is 0.262. The molecule has 3 aromatic rings. The number of ether oxygens (including phenoxy) is 2. The van der Waals surface area contributed by atoms with Crippen molar-refractivity contribution in [3.05, 3.63) is 64.0 Å². The molecule has 1 heterocycles. The van der Waals surface area contributed by atoms with Crippen LogP contribution in [0.2, 0.25) is 0 Å². The Bertz CT molecular complexity index is 1150. The third-order valence-electron chi connectivity index (χ3n) is 4.81. The predicted octanol–water partition coefficient (Wildman–Crippen LogP) is 4.39. The zero-order chi connectivity index (χ0) is 24.0. The molecule has 33 heavy (non-hydrogen) atoms. The number of amides is 1. The van der Waals surface area contributed by atoms with Crippen LogP contribution >= 0.6 is 11.8 Å². The summed E-state index contributed by atoms with van der Waals surface area (Å²) in [4.78, 5) is 22.8. The topological polar surface area (TPSA) is 121 Å². The van der Waals surface area contributed by atoms with E-state index in [1.54, 1.807) is 20.1 Å². The lowest BCUT2D eigenvalue weighted by Crippen LogP contribution is -2.16. The van der Waals surface area contributed by atoms with Crippen molar-refractivity contribution in [2.75, 3.05) is 18.2 Å². The molecule has 0 saturated heterocycles. The fraction of sp³-hybridized carbons (Fsp3) is 0.318. The number of thioether (sulfide) groups is 1. The van der Waals surface area contributed by atoms with Crippen LogP contribution in [0, 0.1) is 17.0 Å². The minimum absolute atomic E-state index is 0.0197. The van der Waals surface area contributed by atoms with Crippen molar-refractivity contribution >= 4 is 29.0 Å². The Morgan fingerprint density at radius 1 is 1.24 bits per heavy atom. The van der Waals surface area contributed by atoms with Crippen LogP contribution in [0.4, 0.5) is 11.4 Å². The summed E-state index contributed by atoms with van der Waals surface area (Å²) in [6, 6.07) is 11.6. The minimum Gasteiger partial charge on any atom is -0.497 e. The molecular formula is C22H25N5O5S. The van der Waals surface area contributed by atoms with Crippen LogP contribution < -0.4 is 14.8 Å². The van der Waals surface area contributed by atoms with Crippen molar-refractivity contribution in [2.45, 2.75) is 38.6 Å². The maximum absolute atomic E-state index is 12.4. The number of benzene rings is 2. The number of hydrogen-bond acceptors (Lipinski definition) is 8. The second-order valence-corrected chi connectivity index (χ2v) is 8.06. The SMILES string of the molecule is CCn1c(SCC(=O)Nc2ccc([N+](=O)[O-])cc2C)nnc1C(C)Oc1cccc(OC)c1. The highest BCUT2D eigenvalue weighted by atomic mass is 32.2. The van der Waals surface area contributed by atoms with Gasteiger partial charge in [-0.05, 0) is 44.5 Å². The standard InChI is InChI=1S/C22H25N5O5S/c1-5-26-21(15(3)32-18-8-6-7-17(12-18)31-4)24-25-22(26)33-13-20(28)23-19-10-9-16(27(29)30)11-14(19)2/h6-12,15H,5,13H2,1-4H3,(H,23,28). The van der Waals surface area contributed by atoms with Crippen molar-refractivity contribution in [1.82, 2.24) is 14.8 Å². The van der Waals surface area contributed by atoms with Crippen LogP contribution in [-0.4, -0.2) is 38.5 Å². The number of methoxy groups -OCH3 is 1. The number of nitrogens with zero attached hydrogens (tertiary/aromatic N) is 4. The molecule has 0 bridgehead atoms. The van der Waals surface area contributed by atoms with Crippen LogP contribution in [0.3, 0.4) is 0 Å². The normalized spacial score (nSPS) is 11.6. The van der Waals surface area contributed by atoms with Gasteiger partial charge in [-0.1, -0.05) is 17.8 Å². The van der Waals surface area contributed by atoms with Gasteiger partial charge in [0.1, 0.15) is 11.5 Å². The fourth-order valence-corrected chi connectivity index (χ4v) is 3.96. The second-order valence-electron chi connectivity index (χ2n) is 7.12. The van der Waals surface area contributed by atoms with Crippen LogP contribution in [0.15, 0.2) is 47.6 Å². The fourth-order valence-electron chi connectivity index (χ4n) is 3.15. The second kappa shape index (κ2) is 10.8. The van der Waals surface area contributed by atoms with Crippen molar-refractivity contribution in [3.8, 4) is 11.5 Å². The maximum atomic E-state index is 12.4. The van der Waals surface area contributed by atoms with E-state index >= 15 is 0 Å². The molecule has 1 atom stereocenters. The summed E-state index contributed by atoms with van der Waals surface area (Å²) < 4.78 is 13.1.